The smallest absolute Gasteiger partial charge is 0.295 e. The van der Waals surface area contributed by atoms with E-state index in [1.807, 2.05) is 43.3 Å². The summed E-state index contributed by atoms with van der Waals surface area (Å²) in [4.78, 5) is 30.7. The van der Waals surface area contributed by atoms with Gasteiger partial charge in [-0.05, 0) is 61.2 Å². The summed E-state index contributed by atoms with van der Waals surface area (Å²) in [6, 6.07) is 12.2. The normalized spacial score (nSPS) is 19.1. The third-order valence-electron chi connectivity index (χ3n) is 7.72. The molecule has 0 aliphatic carbocycles. The highest BCUT2D eigenvalue weighted by atomic mass is 16.5. The van der Waals surface area contributed by atoms with Gasteiger partial charge in [0.1, 0.15) is 17.3 Å². The number of nitrogens with zero attached hydrogens (tertiary/aromatic N) is 2. The molecular weight excluding hydrogens is 520 g/mol. The maximum atomic E-state index is 13.5. The first-order chi connectivity index (χ1) is 19.9. The van der Waals surface area contributed by atoms with Crippen molar-refractivity contribution in [1.82, 2.24) is 9.80 Å². The molecule has 2 saturated heterocycles. The molecule has 2 aliphatic heterocycles. The Labute approximate surface area is 243 Å². The fraction of sp³-hybridized carbons (Fsp3) is 0.515. The summed E-state index contributed by atoms with van der Waals surface area (Å²) in [5.74, 6) is 0.0398. The minimum absolute atomic E-state index is 0.104. The van der Waals surface area contributed by atoms with Crippen molar-refractivity contribution in [2.75, 3.05) is 52.6 Å². The van der Waals surface area contributed by atoms with Crippen LogP contribution in [0.4, 0.5) is 0 Å². The molecule has 0 aromatic heterocycles. The van der Waals surface area contributed by atoms with E-state index in [4.69, 9.17) is 14.2 Å². The first kappa shape index (κ1) is 30.6. The number of Topliss-reactive ketones (excluding diaryl/α,β-unsaturated/α-hetero) is 1. The van der Waals surface area contributed by atoms with Crippen LogP contribution in [0.25, 0.3) is 5.76 Å². The summed E-state index contributed by atoms with van der Waals surface area (Å²) < 4.78 is 17.2. The number of amides is 1. The van der Waals surface area contributed by atoms with Gasteiger partial charge in [0, 0.05) is 31.7 Å². The predicted molar refractivity (Wildman–Crippen MR) is 159 cm³/mol. The number of carbonyl (C=O) groups excluding carboxylic acids is 2. The maximum absolute atomic E-state index is 13.5. The maximum Gasteiger partial charge on any atom is 0.295 e. The van der Waals surface area contributed by atoms with Crippen LogP contribution in [-0.4, -0.2) is 79.2 Å². The van der Waals surface area contributed by atoms with Crippen molar-refractivity contribution in [2.24, 2.45) is 0 Å². The van der Waals surface area contributed by atoms with Crippen LogP contribution >= 0.6 is 0 Å². The number of benzene rings is 2. The van der Waals surface area contributed by atoms with E-state index in [9.17, 15) is 14.7 Å². The number of aliphatic hydroxyl groups is 1. The van der Waals surface area contributed by atoms with Gasteiger partial charge in [-0.1, -0.05) is 45.2 Å². The zero-order valence-electron chi connectivity index (χ0n) is 24.7. The third kappa shape index (κ3) is 7.68. The predicted octanol–water partition coefficient (Wildman–Crippen LogP) is 5.50. The lowest BCUT2D eigenvalue weighted by molar-refractivity contribution is -0.140. The van der Waals surface area contributed by atoms with E-state index in [1.165, 1.54) is 0 Å². The van der Waals surface area contributed by atoms with Crippen LogP contribution in [0, 0.1) is 6.92 Å². The number of unbranched alkanes of at least 4 members (excludes halogenated alkanes) is 3. The van der Waals surface area contributed by atoms with Crippen molar-refractivity contribution < 1.29 is 28.9 Å². The number of aryl methyl sites for hydroxylation is 1. The number of carbonyl (C=O) groups is 2. The molecule has 2 aliphatic rings. The Morgan fingerprint density at radius 3 is 2.32 bits per heavy atom. The van der Waals surface area contributed by atoms with Crippen LogP contribution in [0.15, 0.2) is 48.0 Å². The Kier molecular flexibility index (Phi) is 11.2. The number of hydrogen-bond donors (Lipinski definition) is 1. The van der Waals surface area contributed by atoms with Crippen molar-refractivity contribution >= 4 is 17.4 Å². The van der Waals surface area contributed by atoms with E-state index in [0.29, 0.717) is 45.1 Å². The molecule has 1 unspecified atom stereocenters. The van der Waals surface area contributed by atoms with E-state index in [2.05, 4.69) is 18.7 Å². The topological polar surface area (TPSA) is 88.5 Å². The lowest BCUT2D eigenvalue weighted by atomic mass is 9.94. The van der Waals surface area contributed by atoms with E-state index < -0.39 is 17.7 Å². The van der Waals surface area contributed by atoms with Crippen molar-refractivity contribution in [2.45, 2.75) is 58.9 Å². The molecule has 0 saturated carbocycles. The van der Waals surface area contributed by atoms with Crippen LogP contribution in [0.2, 0.25) is 0 Å². The zero-order chi connectivity index (χ0) is 29.2. The molecular formula is C33H44N2O6. The molecule has 2 aromatic carbocycles. The minimum Gasteiger partial charge on any atom is -0.507 e. The van der Waals surface area contributed by atoms with E-state index in [-0.39, 0.29) is 11.3 Å². The molecule has 4 rings (SSSR count). The first-order valence-corrected chi connectivity index (χ1v) is 15.0. The molecule has 1 amide bonds. The number of ether oxygens (including phenoxy) is 3. The Bertz CT molecular complexity index is 1200. The molecule has 0 bridgehead atoms. The average Bonchev–Trinajstić information content (AvgIpc) is 3.24. The zero-order valence-corrected chi connectivity index (χ0v) is 24.7. The minimum atomic E-state index is -0.703. The Balaban J connectivity index is 1.64. The van der Waals surface area contributed by atoms with E-state index in [0.717, 1.165) is 67.8 Å². The van der Waals surface area contributed by atoms with Crippen LogP contribution in [-0.2, 0) is 14.3 Å². The van der Waals surface area contributed by atoms with Crippen LogP contribution in [0.1, 0.15) is 68.7 Å². The fourth-order valence-corrected chi connectivity index (χ4v) is 5.26. The van der Waals surface area contributed by atoms with Crippen molar-refractivity contribution in [3.8, 4) is 11.5 Å². The highest BCUT2D eigenvalue weighted by Crippen LogP contribution is 2.40. The number of aliphatic hydroxyl groups excluding tert-OH is 1. The van der Waals surface area contributed by atoms with Crippen LogP contribution in [0.5, 0.6) is 11.5 Å². The molecule has 41 heavy (non-hydrogen) atoms. The van der Waals surface area contributed by atoms with Gasteiger partial charge in [-0.3, -0.25) is 14.5 Å². The van der Waals surface area contributed by atoms with E-state index in [1.54, 1.807) is 11.0 Å². The first-order valence-electron chi connectivity index (χ1n) is 15.0. The van der Waals surface area contributed by atoms with Crippen molar-refractivity contribution in [3.05, 3.63) is 64.7 Å². The summed E-state index contributed by atoms with van der Waals surface area (Å²) in [6.45, 7) is 11.3. The monoisotopic (exact) mass is 564 g/mol. The summed E-state index contributed by atoms with van der Waals surface area (Å²) >= 11 is 0. The molecule has 8 nitrogen and oxygen atoms in total. The Morgan fingerprint density at radius 2 is 1.63 bits per heavy atom. The van der Waals surface area contributed by atoms with Gasteiger partial charge in [0.2, 0.25) is 0 Å². The second kappa shape index (κ2) is 15.0. The summed E-state index contributed by atoms with van der Waals surface area (Å²) in [5, 5.41) is 11.5. The lowest BCUT2D eigenvalue weighted by Gasteiger charge is -2.31. The molecule has 1 atom stereocenters. The second-order valence-electron chi connectivity index (χ2n) is 10.8. The lowest BCUT2D eigenvalue weighted by Crippen LogP contribution is -2.42. The van der Waals surface area contributed by atoms with Gasteiger partial charge in [0.25, 0.3) is 11.7 Å². The van der Waals surface area contributed by atoms with Gasteiger partial charge in [0.15, 0.2) is 0 Å². The van der Waals surface area contributed by atoms with Crippen LogP contribution in [0.3, 0.4) is 0 Å². The fourth-order valence-electron chi connectivity index (χ4n) is 5.26. The van der Waals surface area contributed by atoms with E-state index >= 15 is 0 Å². The van der Waals surface area contributed by atoms with Gasteiger partial charge >= 0.3 is 0 Å². The number of hydrogen-bond acceptors (Lipinski definition) is 7. The number of rotatable bonds is 14. The molecule has 0 radical (unpaired) electrons. The standard InChI is InChI=1S/C33H44N2O6/c1-4-6-8-20-40-27-12-9-25(10-13-27)30-29(31(36)26-11-14-28(24(3)23-26)41-19-7-5-2)32(37)33(38)35(30)16-15-34-17-21-39-22-18-34/h9-14,23,30,36H,4-8,15-22H2,1-3H3. The molecule has 222 valence electrons. The summed E-state index contributed by atoms with van der Waals surface area (Å²) in [7, 11) is 0. The quantitative estimate of drug-likeness (QED) is 0.140. The number of ketones is 1. The second-order valence-corrected chi connectivity index (χ2v) is 10.8. The third-order valence-corrected chi connectivity index (χ3v) is 7.72. The highest BCUT2D eigenvalue weighted by molar-refractivity contribution is 6.46. The van der Waals surface area contributed by atoms with Crippen molar-refractivity contribution in [3.63, 3.8) is 0 Å². The molecule has 8 heteroatoms. The molecule has 1 N–H and O–H groups in total. The van der Waals surface area contributed by atoms with Gasteiger partial charge in [0.05, 0.1) is 38.0 Å². The molecule has 2 aromatic rings. The van der Waals surface area contributed by atoms with Gasteiger partial charge < -0.3 is 24.2 Å². The molecule has 2 fully saturated rings. The van der Waals surface area contributed by atoms with Gasteiger partial charge in [-0.2, -0.15) is 0 Å². The summed E-state index contributed by atoms with van der Waals surface area (Å²) in [5.41, 5.74) is 2.20. The largest absolute Gasteiger partial charge is 0.507 e. The Morgan fingerprint density at radius 1 is 0.927 bits per heavy atom. The number of morpholine rings is 1. The highest BCUT2D eigenvalue weighted by Gasteiger charge is 2.46. The van der Waals surface area contributed by atoms with Gasteiger partial charge in [-0.25, -0.2) is 0 Å². The SMILES string of the molecule is CCCCCOc1ccc(C2C(=C(O)c3ccc(OCCCC)c(C)c3)C(=O)C(=O)N2CCN2CCOCC2)cc1. The van der Waals surface area contributed by atoms with Gasteiger partial charge in [-0.15, -0.1) is 0 Å². The van der Waals surface area contributed by atoms with Crippen LogP contribution < -0.4 is 9.47 Å². The summed E-state index contributed by atoms with van der Waals surface area (Å²) in [6.07, 6.45) is 5.22. The average molecular weight is 565 g/mol. The number of likely N-dealkylation sites (tertiary alicyclic amines) is 1. The Hall–Kier alpha value is -3.36. The molecule has 2 heterocycles. The van der Waals surface area contributed by atoms with Crippen molar-refractivity contribution in [1.29, 1.82) is 0 Å². The molecule has 0 spiro atoms.